The molecule has 0 N–H and O–H groups in total. The van der Waals surface area contributed by atoms with Gasteiger partial charge in [0.05, 0.1) is 6.61 Å². The van der Waals surface area contributed by atoms with E-state index in [1.54, 1.807) is 0 Å². The van der Waals surface area contributed by atoms with Crippen molar-refractivity contribution < 1.29 is 9.53 Å². The van der Waals surface area contributed by atoms with E-state index in [0.29, 0.717) is 13.0 Å². The van der Waals surface area contributed by atoms with E-state index in [1.807, 2.05) is 0 Å². The van der Waals surface area contributed by atoms with Gasteiger partial charge in [0.1, 0.15) is 0 Å². The molecular formula is C18H27BrO2. The van der Waals surface area contributed by atoms with Crippen LogP contribution in [0.15, 0.2) is 30.3 Å². The lowest BCUT2D eigenvalue weighted by Gasteiger charge is -2.04. The van der Waals surface area contributed by atoms with Crippen LogP contribution in [0, 0.1) is 0 Å². The Morgan fingerprint density at radius 2 is 1.62 bits per heavy atom. The Hall–Kier alpha value is -0.830. The summed E-state index contributed by atoms with van der Waals surface area (Å²) in [5.74, 6) is -0.0335. The summed E-state index contributed by atoms with van der Waals surface area (Å²) in [5.41, 5.74) is 1.42. The molecule has 1 rings (SSSR count). The van der Waals surface area contributed by atoms with Gasteiger partial charge >= 0.3 is 5.97 Å². The van der Waals surface area contributed by atoms with Crippen molar-refractivity contribution in [2.75, 3.05) is 11.9 Å². The van der Waals surface area contributed by atoms with Gasteiger partial charge in [0.15, 0.2) is 0 Å². The Balaban J connectivity index is 1.87. The van der Waals surface area contributed by atoms with Gasteiger partial charge in [0, 0.05) is 11.8 Å². The van der Waals surface area contributed by atoms with Gasteiger partial charge in [0.25, 0.3) is 0 Å². The van der Waals surface area contributed by atoms with Crippen LogP contribution in [0.4, 0.5) is 0 Å². The third kappa shape index (κ3) is 10.5. The summed E-state index contributed by atoms with van der Waals surface area (Å²) < 4.78 is 5.17. The summed E-state index contributed by atoms with van der Waals surface area (Å²) in [4.78, 5) is 11.4. The highest BCUT2D eigenvalue weighted by Crippen LogP contribution is 2.10. The minimum atomic E-state index is -0.0335. The topological polar surface area (TPSA) is 26.3 Å². The van der Waals surface area contributed by atoms with E-state index in [1.165, 1.54) is 24.8 Å². The predicted molar refractivity (Wildman–Crippen MR) is 91.8 cm³/mol. The number of ether oxygens (including phenoxy) is 1. The molecule has 118 valence electrons. The lowest BCUT2D eigenvalue weighted by molar-refractivity contribution is -0.143. The molecule has 0 heterocycles. The first kappa shape index (κ1) is 18.2. The van der Waals surface area contributed by atoms with Crippen molar-refractivity contribution in [2.24, 2.45) is 0 Å². The van der Waals surface area contributed by atoms with Crippen LogP contribution in [0.25, 0.3) is 0 Å². The van der Waals surface area contributed by atoms with Crippen molar-refractivity contribution in [1.29, 1.82) is 0 Å². The van der Waals surface area contributed by atoms with Crippen LogP contribution < -0.4 is 0 Å². The number of carbonyl (C=O) groups is 1. The Morgan fingerprint density at radius 1 is 0.905 bits per heavy atom. The van der Waals surface area contributed by atoms with Crippen molar-refractivity contribution in [3.63, 3.8) is 0 Å². The van der Waals surface area contributed by atoms with Crippen LogP contribution in [0.2, 0.25) is 0 Å². The van der Waals surface area contributed by atoms with E-state index >= 15 is 0 Å². The molecule has 21 heavy (non-hydrogen) atoms. The van der Waals surface area contributed by atoms with Gasteiger partial charge in [-0.15, -0.1) is 0 Å². The second-order valence-corrected chi connectivity index (χ2v) is 6.16. The monoisotopic (exact) mass is 354 g/mol. The highest BCUT2D eigenvalue weighted by molar-refractivity contribution is 9.09. The second kappa shape index (κ2) is 12.9. The minimum absolute atomic E-state index is 0.0335. The predicted octanol–water partition coefficient (Wildman–Crippen LogP) is 5.29. The molecule has 0 aromatic heterocycles. The van der Waals surface area contributed by atoms with E-state index in [0.717, 1.165) is 37.4 Å². The highest BCUT2D eigenvalue weighted by Gasteiger charge is 2.02. The van der Waals surface area contributed by atoms with Crippen molar-refractivity contribution in [1.82, 2.24) is 0 Å². The van der Waals surface area contributed by atoms with Crippen LogP contribution in [-0.4, -0.2) is 17.9 Å². The molecule has 0 aliphatic carbocycles. The smallest absolute Gasteiger partial charge is 0.305 e. The maximum absolute atomic E-state index is 11.4. The van der Waals surface area contributed by atoms with E-state index < -0.39 is 0 Å². The molecule has 0 saturated heterocycles. The Morgan fingerprint density at radius 3 is 2.38 bits per heavy atom. The molecule has 0 amide bonds. The van der Waals surface area contributed by atoms with Crippen LogP contribution >= 0.6 is 15.9 Å². The molecule has 0 saturated carbocycles. The summed E-state index contributed by atoms with van der Waals surface area (Å²) in [7, 11) is 0. The summed E-state index contributed by atoms with van der Waals surface area (Å²) in [6, 6.07) is 10.6. The van der Waals surface area contributed by atoms with Crippen molar-refractivity contribution in [3.05, 3.63) is 35.9 Å². The molecule has 0 bridgehead atoms. The highest BCUT2D eigenvalue weighted by atomic mass is 79.9. The average Bonchev–Trinajstić information content (AvgIpc) is 2.51. The van der Waals surface area contributed by atoms with Gasteiger partial charge < -0.3 is 4.74 Å². The molecule has 2 nitrogen and oxygen atoms in total. The molecule has 0 unspecified atom stereocenters. The molecule has 0 spiro atoms. The maximum atomic E-state index is 11.4. The Kier molecular flexibility index (Phi) is 11.2. The first-order valence-corrected chi connectivity index (χ1v) is 9.20. The van der Waals surface area contributed by atoms with Gasteiger partial charge in [-0.3, -0.25) is 4.79 Å². The quantitative estimate of drug-likeness (QED) is 0.289. The third-order valence-electron chi connectivity index (χ3n) is 3.48. The zero-order valence-electron chi connectivity index (χ0n) is 12.9. The number of unbranched alkanes of at least 4 members (excludes halogenated alkanes) is 5. The summed E-state index contributed by atoms with van der Waals surface area (Å²) in [6.07, 6.45) is 9.54. The normalized spacial score (nSPS) is 10.5. The number of halogens is 1. The largest absolute Gasteiger partial charge is 0.466 e. The number of hydrogen-bond acceptors (Lipinski definition) is 2. The van der Waals surface area contributed by atoms with Crippen molar-refractivity contribution in [3.8, 4) is 0 Å². The van der Waals surface area contributed by atoms with E-state index in [9.17, 15) is 4.79 Å². The summed E-state index contributed by atoms with van der Waals surface area (Å²) in [5, 5.41) is 0.980. The first-order chi connectivity index (χ1) is 10.3. The van der Waals surface area contributed by atoms with Crippen molar-refractivity contribution in [2.45, 2.75) is 57.8 Å². The van der Waals surface area contributed by atoms with Gasteiger partial charge in [0.2, 0.25) is 0 Å². The Bertz CT molecular complexity index is 365. The number of hydrogen-bond donors (Lipinski definition) is 0. The fraction of sp³-hybridized carbons (Fsp3) is 0.611. The number of alkyl halides is 1. The van der Waals surface area contributed by atoms with E-state index in [4.69, 9.17) is 4.74 Å². The average molecular weight is 355 g/mol. The first-order valence-electron chi connectivity index (χ1n) is 8.08. The van der Waals surface area contributed by atoms with Gasteiger partial charge in [-0.1, -0.05) is 65.5 Å². The van der Waals surface area contributed by atoms with E-state index in [-0.39, 0.29) is 5.97 Å². The number of carbonyl (C=O) groups excluding carboxylic acids is 1. The van der Waals surface area contributed by atoms with Crippen LogP contribution in [0.3, 0.4) is 0 Å². The number of aryl methyl sites for hydroxylation is 1. The minimum Gasteiger partial charge on any atom is -0.466 e. The zero-order valence-corrected chi connectivity index (χ0v) is 14.4. The molecule has 0 aliphatic rings. The standard InChI is InChI=1S/C18H27BrO2/c19-15-9-10-16-21-18(20)14-8-3-1-2-5-11-17-12-6-4-7-13-17/h4,6-7,12-13H,1-3,5,8-11,14-16H2. The Labute approximate surface area is 137 Å². The van der Waals surface area contributed by atoms with Crippen molar-refractivity contribution >= 4 is 21.9 Å². The van der Waals surface area contributed by atoms with Gasteiger partial charge in [-0.25, -0.2) is 0 Å². The van der Waals surface area contributed by atoms with Gasteiger partial charge in [-0.2, -0.15) is 0 Å². The molecule has 0 aliphatic heterocycles. The zero-order chi connectivity index (χ0) is 15.2. The SMILES string of the molecule is O=C(CCCCCCCc1ccccc1)OCCCCBr. The van der Waals surface area contributed by atoms with Crippen LogP contribution in [-0.2, 0) is 16.0 Å². The molecule has 0 atom stereocenters. The van der Waals surface area contributed by atoms with Crippen LogP contribution in [0.5, 0.6) is 0 Å². The maximum Gasteiger partial charge on any atom is 0.305 e. The second-order valence-electron chi connectivity index (χ2n) is 5.37. The summed E-state index contributed by atoms with van der Waals surface area (Å²) >= 11 is 3.36. The molecule has 3 heteroatoms. The molecule has 1 aromatic rings. The lowest BCUT2D eigenvalue weighted by atomic mass is 10.1. The molecule has 0 radical (unpaired) electrons. The molecule has 1 aromatic carbocycles. The number of benzene rings is 1. The third-order valence-corrected chi connectivity index (χ3v) is 4.04. The molecule has 0 fully saturated rings. The van der Waals surface area contributed by atoms with E-state index in [2.05, 4.69) is 46.3 Å². The fourth-order valence-corrected chi connectivity index (χ4v) is 2.62. The fourth-order valence-electron chi connectivity index (χ4n) is 2.23. The van der Waals surface area contributed by atoms with Gasteiger partial charge in [-0.05, 0) is 37.7 Å². The van der Waals surface area contributed by atoms with Crippen LogP contribution in [0.1, 0.15) is 56.9 Å². The lowest BCUT2D eigenvalue weighted by Crippen LogP contribution is -2.05. The number of esters is 1. The molecular weight excluding hydrogens is 328 g/mol. The summed E-state index contributed by atoms with van der Waals surface area (Å²) in [6.45, 7) is 0.571. The number of rotatable bonds is 12.